The second kappa shape index (κ2) is 6.91. The molecule has 0 amide bonds. The fraction of sp³-hybridized carbons (Fsp3) is 0.286. The van der Waals surface area contributed by atoms with Gasteiger partial charge >= 0.3 is 5.69 Å². The molecule has 5 rings (SSSR count). The first-order valence-corrected chi connectivity index (χ1v) is 10.3. The highest BCUT2D eigenvalue weighted by Crippen LogP contribution is 2.34. The monoisotopic (exact) mass is 392 g/mol. The van der Waals surface area contributed by atoms with Crippen LogP contribution < -0.4 is 10.6 Å². The molecule has 28 heavy (non-hydrogen) atoms. The van der Waals surface area contributed by atoms with Gasteiger partial charge in [0.25, 0.3) is 0 Å². The molecule has 1 aromatic carbocycles. The average Bonchev–Trinajstić information content (AvgIpc) is 3.46. The van der Waals surface area contributed by atoms with Gasteiger partial charge in [-0.05, 0) is 37.5 Å². The Kier molecular flexibility index (Phi) is 4.24. The molecule has 6 nitrogen and oxygen atoms in total. The van der Waals surface area contributed by atoms with E-state index in [1.807, 2.05) is 6.07 Å². The number of hydrogen-bond acceptors (Lipinski definition) is 6. The van der Waals surface area contributed by atoms with Crippen LogP contribution in [0.2, 0.25) is 0 Å². The lowest BCUT2D eigenvalue weighted by Gasteiger charge is -2.11. The molecule has 4 aromatic rings. The molecule has 4 heterocycles. The number of thiazole rings is 1. The summed E-state index contributed by atoms with van der Waals surface area (Å²) in [6.45, 7) is 4.54. The van der Waals surface area contributed by atoms with E-state index in [1.54, 1.807) is 28.2 Å². The van der Waals surface area contributed by atoms with Gasteiger partial charge in [-0.25, -0.2) is 9.78 Å². The largest absolute Gasteiger partial charge is 0.463 e. The van der Waals surface area contributed by atoms with Crippen molar-refractivity contribution in [2.45, 2.75) is 26.3 Å². The lowest BCUT2D eigenvalue weighted by atomic mass is 10.1. The standard InChI is InChI=1S/C21H20N4O2S/c1-14-6-8-15(9-7-14)13-25-19-18(23-21(28-19)24-10-2-3-11-24)17(22-20(25)26)16-5-4-12-27-16/h4-9,12H,2-3,10-11,13H2,1H3. The second-order valence-corrected chi connectivity index (χ2v) is 8.09. The smallest absolute Gasteiger partial charge is 0.349 e. The van der Waals surface area contributed by atoms with Gasteiger partial charge < -0.3 is 9.32 Å². The van der Waals surface area contributed by atoms with Crippen LogP contribution in [0.15, 0.2) is 51.9 Å². The fourth-order valence-electron chi connectivity index (χ4n) is 3.58. The van der Waals surface area contributed by atoms with E-state index < -0.39 is 0 Å². The van der Waals surface area contributed by atoms with Crippen LogP contribution in [-0.4, -0.2) is 27.6 Å². The summed E-state index contributed by atoms with van der Waals surface area (Å²) in [5, 5.41) is 0.949. The van der Waals surface area contributed by atoms with E-state index in [0.29, 0.717) is 18.0 Å². The van der Waals surface area contributed by atoms with Crippen LogP contribution in [0.3, 0.4) is 0 Å². The van der Waals surface area contributed by atoms with Gasteiger partial charge in [-0.3, -0.25) is 4.57 Å². The van der Waals surface area contributed by atoms with Crippen LogP contribution in [0, 0.1) is 6.92 Å². The van der Waals surface area contributed by atoms with Gasteiger partial charge in [-0.2, -0.15) is 4.98 Å². The van der Waals surface area contributed by atoms with Gasteiger partial charge in [0.2, 0.25) is 0 Å². The Morgan fingerprint density at radius 1 is 1.11 bits per heavy atom. The lowest BCUT2D eigenvalue weighted by molar-refractivity contribution is 0.579. The molecule has 1 fully saturated rings. The molecule has 0 aliphatic carbocycles. The number of fused-ring (bicyclic) bond motifs is 1. The number of furan rings is 1. The van der Waals surface area contributed by atoms with Crippen molar-refractivity contribution in [1.82, 2.24) is 14.5 Å². The van der Waals surface area contributed by atoms with Crippen molar-refractivity contribution in [3.63, 3.8) is 0 Å². The quantitative estimate of drug-likeness (QED) is 0.524. The summed E-state index contributed by atoms with van der Waals surface area (Å²) in [5.74, 6) is 0.572. The first kappa shape index (κ1) is 17.2. The molecule has 1 aliphatic heterocycles. The van der Waals surface area contributed by atoms with Gasteiger partial charge in [0.15, 0.2) is 10.9 Å². The summed E-state index contributed by atoms with van der Waals surface area (Å²) < 4.78 is 7.25. The van der Waals surface area contributed by atoms with Crippen LogP contribution in [0.25, 0.3) is 21.8 Å². The molecule has 0 atom stereocenters. The molecule has 142 valence electrons. The highest BCUT2D eigenvalue weighted by molar-refractivity contribution is 7.22. The molecule has 0 spiro atoms. The minimum absolute atomic E-state index is 0.281. The SMILES string of the molecule is Cc1ccc(Cn2c(=O)nc(-c3ccco3)c3nc(N4CCCC4)sc32)cc1. The highest BCUT2D eigenvalue weighted by atomic mass is 32.1. The first-order chi connectivity index (χ1) is 13.7. The zero-order chi connectivity index (χ0) is 19.1. The molecule has 0 radical (unpaired) electrons. The van der Waals surface area contributed by atoms with Crippen LogP contribution in [-0.2, 0) is 6.54 Å². The van der Waals surface area contributed by atoms with Crippen molar-refractivity contribution in [3.05, 3.63) is 64.3 Å². The summed E-state index contributed by atoms with van der Waals surface area (Å²) in [5.41, 5.74) is 3.23. The number of anilines is 1. The van der Waals surface area contributed by atoms with Gasteiger partial charge in [0.05, 0.1) is 12.8 Å². The van der Waals surface area contributed by atoms with Crippen molar-refractivity contribution in [2.75, 3.05) is 18.0 Å². The summed E-state index contributed by atoms with van der Waals surface area (Å²) in [6, 6.07) is 11.8. The van der Waals surface area contributed by atoms with Crippen LogP contribution in [0.4, 0.5) is 5.13 Å². The third kappa shape index (κ3) is 3.01. The minimum atomic E-state index is -0.281. The van der Waals surface area contributed by atoms with Crippen molar-refractivity contribution in [1.29, 1.82) is 0 Å². The maximum absolute atomic E-state index is 12.9. The Hall–Kier alpha value is -2.93. The Morgan fingerprint density at radius 3 is 2.61 bits per heavy atom. The van der Waals surface area contributed by atoms with E-state index >= 15 is 0 Å². The van der Waals surface area contributed by atoms with E-state index in [0.717, 1.165) is 34.1 Å². The molecule has 0 N–H and O–H groups in total. The fourth-order valence-corrected chi connectivity index (χ4v) is 4.69. The van der Waals surface area contributed by atoms with E-state index in [1.165, 1.54) is 18.4 Å². The Bertz CT molecular complexity index is 1170. The van der Waals surface area contributed by atoms with E-state index in [-0.39, 0.29) is 5.69 Å². The molecule has 1 aliphatic rings. The second-order valence-electron chi connectivity index (χ2n) is 7.14. The number of rotatable bonds is 4. The van der Waals surface area contributed by atoms with Crippen LogP contribution >= 0.6 is 11.3 Å². The molecular weight excluding hydrogens is 372 g/mol. The predicted octanol–water partition coefficient (Wildman–Crippen LogP) is 4.07. The zero-order valence-electron chi connectivity index (χ0n) is 15.6. The normalized spacial score (nSPS) is 14.2. The number of benzene rings is 1. The Labute approximate surface area is 166 Å². The van der Waals surface area contributed by atoms with Crippen molar-refractivity contribution in [3.8, 4) is 11.5 Å². The van der Waals surface area contributed by atoms with Crippen molar-refractivity contribution >= 4 is 26.8 Å². The summed E-state index contributed by atoms with van der Waals surface area (Å²) >= 11 is 1.57. The molecule has 3 aromatic heterocycles. The number of hydrogen-bond donors (Lipinski definition) is 0. The van der Waals surface area contributed by atoms with E-state index in [4.69, 9.17) is 9.40 Å². The molecule has 1 saturated heterocycles. The number of aryl methyl sites for hydroxylation is 1. The van der Waals surface area contributed by atoms with E-state index in [9.17, 15) is 4.79 Å². The third-order valence-electron chi connectivity index (χ3n) is 5.10. The van der Waals surface area contributed by atoms with Gasteiger partial charge in [-0.15, -0.1) is 0 Å². The number of nitrogens with zero attached hydrogens (tertiary/aromatic N) is 4. The summed E-state index contributed by atoms with van der Waals surface area (Å²) in [7, 11) is 0. The maximum Gasteiger partial charge on any atom is 0.349 e. The van der Waals surface area contributed by atoms with Crippen LogP contribution in [0.1, 0.15) is 24.0 Å². The first-order valence-electron chi connectivity index (χ1n) is 9.45. The molecule has 0 unspecified atom stereocenters. The van der Waals surface area contributed by atoms with Crippen molar-refractivity contribution in [2.24, 2.45) is 0 Å². The van der Waals surface area contributed by atoms with Gasteiger partial charge in [0, 0.05) is 13.1 Å². The number of aromatic nitrogens is 3. The molecule has 7 heteroatoms. The summed E-state index contributed by atoms with van der Waals surface area (Å²) in [6.07, 6.45) is 3.94. The minimum Gasteiger partial charge on any atom is -0.463 e. The topological polar surface area (TPSA) is 64.2 Å². The molecule has 0 saturated carbocycles. The lowest BCUT2D eigenvalue weighted by Crippen LogP contribution is -2.24. The van der Waals surface area contributed by atoms with Crippen LogP contribution in [0.5, 0.6) is 0 Å². The highest BCUT2D eigenvalue weighted by Gasteiger charge is 2.22. The summed E-state index contributed by atoms with van der Waals surface area (Å²) in [4.78, 5) is 25.3. The van der Waals surface area contributed by atoms with Crippen molar-refractivity contribution < 1.29 is 4.42 Å². The third-order valence-corrected chi connectivity index (χ3v) is 6.24. The Morgan fingerprint density at radius 2 is 1.89 bits per heavy atom. The van der Waals surface area contributed by atoms with E-state index in [2.05, 4.69) is 41.1 Å². The molecule has 0 bridgehead atoms. The Balaban J connectivity index is 1.68. The average molecular weight is 392 g/mol. The molecular formula is C21H20N4O2S. The zero-order valence-corrected chi connectivity index (χ0v) is 16.4. The van der Waals surface area contributed by atoms with Gasteiger partial charge in [0.1, 0.15) is 16.0 Å². The van der Waals surface area contributed by atoms with Gasteiger partial charge in [-0.1, -0.05) is 41.2 Å². The predicted molar refractivity (Wildman–Crippen MR) is 111 cm³/mol. The maximum atomic E-state index is 12.9.